The Bertz CT molecular complexity index is 466. The lowest BCUT2D eigenvalue weighted by atomic mass is 10.2. The molecule has 0 unspecified atom stereocenters. The first-order valence-electron chi connectivity index (χ1n) is 4.30. The van der Waals surface area contributed by atoms with Gasteiger partial charge in [0.25, 0.3) is 0 Å². The van der Waals surface area contributed by atoms with Gasteiger partial charge in [-0.25, -0.2) is 4.79 Å². The smallest absolute Gasteiger partial charge is 0.337 e. The summed E-state index contributed by atoms with van der Waals surface area (Å²) in [5.41, 5.74) is 0.250. The summed E-state index contributed by atoms with van der Waals surface area (Å²) in [5.74, 6) is -0.408. The Morgan fingerprint density at radius 1 is 1.40 bits per heavy atom. The minimum atomic E-state index is -0.950. The lowest BCUT2D eigenvalue weighted by Gasteiger charge is -1.96. The monoisotopic (exact) mass is 220 g/mol. The molecule has 15 heavy (non-hydrogen) atoms. The zero-order chi connectivity index (χ0) is 10.7. The Hall–Kier alpha value is -1.81. The van der Waals surface area contributed by atoms with Crippen LogP contribution in [0.25, 0.3) is 11.6 Å². The number of carboxylic acids is 1. The quantitative estimate of drug-likeness (QED) is 0.809. The van der Waals surface area contributed by atoms with Gasteiger partial charge in [-0.2, -0.15) is 0 Å². The number of rotatable bonds is 3. The number of thiophene rings is 1. The average Bonchev–Trinajstić information content (AvgIpc) is 2.87. The molecule has 0 aliphatic heterocycles. The highest BCUT2D eigenvalue weighted by Crippen LogP contribution is 2.23. The molecule has 0 radical (unpaired) electrons. The van der Waals surface area contributed by atoms with Crippen LogP contribution in [0.15, 0.2) is 40.3 Å². The molecule has 0 spiro atoms. The summed E-state index contributed by atoms with van der Waals surface area (Å²) in [4.78, 5) is 11.7. The molecule has 0 saturated heterocycles. The van der Waals surface area contributed by atoms with Crippen LogP contribution in [0.1, 0.15) is 10.6 Å². The van der Waals surface area contributed by atoms with Crippen molar-refractivity contribution >= 4 is 29.0 Å². The predicted octanol–water partition coefficient (Wildman–Crippen LogP) is 2.97. The molecule has 0 aromatic carbocycles. The van der Waals surface area contributed by atoms with E-state index in [1.54, 1.807) is 18.2 Å². The van der Waals surface area contributed by atoms with Gasteiger partial charge in [-0.1, -0.05) is 6.07 Å². The van der Waals surface area contributed by atoms with Crippen molar-refractivity contribution < 1.29 is 14.3 Å². The Morgan fingerprint density at radius 2 is 2.27 bits per heavy atom. The van der Waals surface area contributed by atoms with E-state index in [9.17, 15) is 4.79 Å². The number of hydrogen-bond donors (Lipinski definition) is 1. The molecule has 2 aromatic heterocycles. The second kappa shape index (κ2) is 4.14. The summed E-state index contributed by atoms with van der Waals surface area (Å²) in [6.45, 7) is 0. The second-order valence-electron chi connectivity index (χ2n) is 2.86. The van der Waals surface area contributed by atoms with Crippen molar-refractivity contribution in [3.8, 4) is 0 Å². The lowest BCUT2D eigenvalue weighted by Crippen LogP contribution is -1.97. The van der Waals surface area contributed by atoms with Crippen molar-refractivity contribution in [1.82, 2.24) is 0 Å². The van der Waals surface area contributed by atoms with Crippen LogP contribution in [0.4, 0.5) is 0 Å². The molecule has 3 nitrogen and oxygen atoms in total. The van der Waals surface area contributed by atoms with Crippen molar-refractivity contribution in [2.45, 2.75) is 0 Å². The fraction of sp³-hybridized carbons (Fsp3) is 0. The van der Waals surface area contributed by atoms with Gasteiger partial charge < -0.3 is 9.52 Å². The summed E-state index contributed by atoms with van der Waals surface area (Å²) < 4.78 is 5.08. The van der Waals surface area contributed by atoms with Crippen LogP contribution in [-0.2, 0) is 4.79 Å². The zero-order valence-corrected chi connectivity index (χ0v) is 8.53. The van der Waals surface area contributed by atoms with Crippen molar-refractivity contribution in [1.29, 1.82) is 0 Å². The van der Waals surface area contributed by atoms with E-state index in [0.29, 0.717) is 5.76 Å². The Labute approximate surface area is 90.3 Å². The largest absolute Gasteiger partial charge is 0.478 e. The van der Waals surface area contributed by atoms with E-state index in [1.807, 2.05) is 11.4 Å². The van der Waals surface area contributed by atoms with E-state index in [0.717, 1.165) is 4.88 Å². The van der Waals surface area contributed by atoms with Gasteiger partial charge >= 0.3 is 5.97 Å². The molecule has 0 atom stereocenters. The molecule has 1 N–H and O–H groups in total. The summed E-state index contributed by atoms with van der Waals surface area (Å²) in [6, 6.07) is 7.03. The van der Waals surface area contributed by atoms with Crippen LogP contribution < -0.4 is 0 Å². The highest BCUT2D eigenvalue weighted by atomic mass is 32.1. The van der Waals surface area contributed by atoms with Crippen LogP contribution in [-0.4, -0.2) is 11.1 Å². The summed E-state index contributed by atoms with van der Waals surface area (Å²) >= 11 is 1.39. The molecule has 4 heteroatoms. The number of furan rings is 1. The molecule has 2 heterocycles. The maximum absolute atomic E-state index is 11.0. The maximum Gasteiger partial charge on any atom is 0.337 e. The third-order valence-corrected chi connectivity index (χ3v) is 2.75. The summed E-state index contributed by atoms with van der Waals surface area (Å²) in [6.07, 6.45) is 3.04. The Balaban J connectivity index is 2.41. The van der Waals surface area contributed by atoms with Gasteiger partial charge in [-0.3, -0.25) is 0 Å². The maximum atomic E-state index is 11.0. The SMILES string of the molecule is O=C(O)/C(=C\c1ccco1)c1cccs1. The third kappa shape index (κ3) is 2.16. The van der Waals surface area contributed by atoms with Crippen LogP contribution in [0, 0.1) is 0 Å². The highest BCUT2D eigenvalue weighted by Gasteiger charge is 2.11. The molecular formula is C11H8O3S. The molecule has 0 aliphatic carbocycles. The number of carboxylic acid groups (broad SMARTS) is 1. The molecule has 0 aliphatic rings. The highest BCUT2D eigenvalue weighted by molar-refractivity contribution is 7.11. The van der Waals surface area contributed by atoms with Crippen molar-refractivity contribution in [3.05, 3.63) is 46.5 Å². The van der Waals surface area contributed by atoms with E-state index in [2.05, 4.69) is 0 Å². The van der Waals surface area contributed by atoms with E-state index < -0.39 is 5.97 Å². The van der Waals surface area contributed by atoms with Gasteiger partial charge in [0.1, 0.15) is 5.76 Å². The molecule has 0 bridgehead atoms. The number of aliphatic carboxylic acids is 1. The lowest BCUT2D eigenvalue weighted by molar-refractivity contribution is -0.130. The molecule has 76 valence electrons. The van der Waals surface area contributed by atoms with Crippen LogP contribution >= 0.6 is 11.3 Å². The fourth-order valence-electron chi connectivity index (χ4n) is 1.19. The van der Waals surface area contributed by atoms with Gasteiger partial charge in [-0.05, 0) is 29.7 Å². The Kier molecular flexibility index (Phi) is 2.69. The predicted molar refractivity (Wildman–Crippen MR) is 58.5 cm³/mol. The molecule has 2 aromatic rings. The molecule has 0 amide bonds. The normalized spacial score (nSPS) is 11.6. The number of hydrogen-bond acceptors (Lipinski definition) is 3. The fourth-order valence-corrected chi connectivity index (χ4v) is 1.92. The van der Waals surface area contributed by atoms with Crippen LogP contribution in [0.3, 0.4) is 0 Å². The third-order valence-electron chi connectivity index (χ3n) is 1.85. The topological polar surface area (TPSA) is 50.4 Å². The molecule has 0 saturated carbocycles. The van der Waals surface area contributed by atoms with Gasteiger partial charge in [0.05, 0.1) is 11.8 Å². The summed E-state index contributed by atoms with van der Waals surface area (Å²) in [5, 5.41) is 10.9. The van der Waals surface area contributed by atoms with Gasteiger partial charge in [-0.15, -0.1) is 11.3 Å². The van der Waals surface area contributed by atoms with E-state index >= 15 is 0 Å². The van der Waals surface area contributed by atoms with E-state index in [-0.39, 0.29) is 5.57 Å². The van der Waals surface area contributed by atoms with Crippen molar-refractivity contribution in [2.75, 3.05) is 0 Å². The van der Waals surface area contributed by atoms with Gasteiger partial charge in [0.15, 0.2) is 0 Å². The first-order chi connectivity index (χ1) is 7.27. The first kappa shape index (κ1) is 9.73. The average molecular weight is 220 g/mol. The summed E-state index contributed by atoms with van der Waals surface area (Å²) in [7, 11) is 0. The minimum absolute atomic E-state index is 0.250. The molecule has 0 fully saturated rings. The second-order valence-corrected chi connectivity index (χ2v) is 3.80. The first-order valence-corrected chi connectivity index (χ1v) is 5.18. The molecule has 2 rings (SSSR count). The van der Waals surface area contributed by atoms with Gasteiger partial charge in [0, 0.05) is 4.88 Å². The number of carbonyl (C=O) groups is 1. The van der Waals surface area contributed by atoms with Crippen LogP contribution in [0.5, 0.6) is 0 Å². The standard InChI is InChI=1S/C11H8O3S/c12-11(13)9(10-4-2-6-15-10)7-8-3-1-5-14-8/h1-7H,(H,12,13)/b9-7-. The van der Waals surface area contributed by atoms with E-state index in [1.165, 1.54) is 23.7 Å². The van der Waals surface area contributed by atoms with E-state index in [4.69, 9.17) is 9.52 Å². The van der Waals surface area contributed by atoms with Gasteiger partial charge in [0.2, 0.25) is 0 Å². The zero-order valence-electron chi connectivity index (χ0n) is 7.71. The Morgan fingerprint density at radius 3 is 2.80 bits per heavy atom. The minimum Gasteiger partial charge on any atom is -0.478 e. The van der Waals surface area contributed by atoms with Crippen molar-refractivity contribution in [3.63, 3.8) is 0 Å². The van der Waals surface area contributed by atoms with Crippen LogP contribution in [0.2, 0.25) is 0 Å². The molecular weight excluding hydrogens is 212 g/mol. The van der Waals surface area contributed by atoms with Crippen molar-refractivity contribution in [2.24, 2.45) is 0 Å².